The van der Waals surface area contributed by atoms with Crippen molar-refractivity contribution in [3.63, 3.8) is 0 Å². The number of hydrogen-bond donors (Lipinski definition) is 0. The molecule has 0 amide bonds. The largest absolute Gasteiger partial charge is 0.316 e. The van der Waals surface area contributed by atoms with E-state index in [1.165, 1.54) is 22.3 Å². The Kier molecular flexibility index (Phi) is 5.45. The van der Waals surface area contributed by atoms with Crippen LogP contribution >= 0.6 is 22.7 Å². The summed E-state index contributed by atoms with van der Waals surface area (Å²) in [5.41, 5.74) is 1.55. The number of nitro groups is 1. The summed E-state index contributed by atoms with van der Waals surface area (Å²) < 4.78 is 2.17. The lowest BCUT2D eigenvalue weighted by molar-refractivity contribution is -0.384. The van der Waals surface area contributed by atoms with Gasteiger partial charge in [-0.1, -0.05) is 32.0 Å². The second-order valence-electron chi connectivity index (χ2n) is 6.07. The maximum absolute atomic E-state index is 11.2. The van der Waals surface area contributed by atoms with Crippen molar-refractivity contribution in [1.29, 1.82) is 0 Å². The van der Waals surface area contributed by atoms with Gasteiger partial charge in [-0.05, 0) is 29.9 Å². The van der Waals surface area contributed by atoms with Crippen molar-refractivity contribution in [2.24, 2.45) is 10.9 Å². The third-order valence-electron chi connectivity index (χ3n) is 3.80. The number of aromatic nitrogens is 1. The highest BCUT2D eigenvalue weighted by Gasteiger charge is 2.14. The Bertz CT molecular complexity index is 924. The lowest BCUT2D eigenvalue weighted by Gasteiger charge is -2.09. The predicted octanol–water partition coefficient (Wildman–Crippen LogP) is 5.46. The zero-order valence-corrected chi connectivity index (χ0v) is 15.7. The molecule has 0 spiro atoms. The molecule has 0 fully saturated rings. The average molecular weight is 374 g/mol. The molecule has 0 unspecified atom stereocenters. The van der Waals surface area contributed by atoms with Gasteiger partial charge in [-0.25, -0.2) is 4.99 Å². The molecule has 0 saturated carbocycles. The SMILES string of the molecule is CC(C)CCn1c(-c2cccs2)csc1=Nc1ccccc1[N+](=O)[O-]. The van der Waals surface area contributed by atoms with Crippen molar-refractivity contribution in [3.05, 3.63) is 62.1 Å². The van der Waals surface area contributed by atoms with Gasteiger partial charge in [0, 0.05) is 18.0 Å². The Morgan fingerprint density at radius 2 is 2.00 bits per heavy atom. The monoisotopic (exact) mass is 373 g/mol. The van der Waals surface area contributed by atoms with E-state index in [1.807, 2.05) is 6.07 Å². The van der Waals surface area contributed by atoms with Gasteiger partial charge in [-0.2, -0.15) is 0 Å². The highest BCUT2D eigenvalue weighted by atomic mass is 32.1. The van der Waals surface area contributed by atoms with Gasteiger partial charge in [0.1, 0.15) is 5.69 Å². The highest BCUT2D eigenvalue weighted by molar-refractivity contribution is 7.14. The van der Waals surface area contributed by atoms with Crippen LogP contribution in [0.15, 0.2) is 52.2 Å². The van der Waals surface area contributed by atoms with Crippen LogP contribution in [-0.4, -0.2) is 9.49 Å². The van der Waals surface area contributed by atoms with Gasteiger partial charge in [0.05, 0.1) is 15.5 Å². The van der Waals surface area contributed by atoms with Crippen LogP contribution < -0.4 is 4.80 Å². The fourth-order valence-electron chi connectivity index (χ4n) is 2.46. The summed E-state index contributed by atoms with van der Waals surface area (Å²) in [6.07, 6.45) is 1.03. The molecule has 3 rings (SSSR count). The molecule has 0 aliphatic heterocycles. The Hall–Kier alpha value is -2.25. The maximum atomic E-state index is 11.2. The first kappa shape index (κ1) is 17.6. The van der Waals surface area contributed by atoms with Crippen molar-refractivity contribution in [2.45, 2.75) is 26.8 Å². The van der Waals surface area contributed by atoms with Gasteiger partial charge in [-0.3, -0.25) is 10.1 Å². The van der Waals surface area contributed by atoms with Crippen LogP contribution in [0.25, 0.3) is 10.6 Å². The number of rotatable bonds is 6. The zero-order valence-electron chi connectivity index (χ0n) is 14.1. The van der Waals surface area contributed by atoms with Crippen molar-refractivity contribution in [3.8, 4) is 10.6 Å². The molecule has 0 bridgehead atoms. The fraction of sp³-hybridized carbons (Fsp3) is 0.278. The van der Waals surface area contributed by atoms with E-state index < -0.39 is 0 Å². The predicted molar refractivity (Wildman–Crippen MR) is 103 cm³/mol. The molecular formula is C18H19N3O2S2. The number of benzene rings is 1. The van der Waals surface area contributed by atoms with E-state index in [0.717, 1.165) is 23.5 Å². The van der Waals surface area contributed by atoms with E-state index in [4.69, 9.17) is 0 Å². The molecule has 2 heterocycles. The topological polar surface area (TPSA) is 60.4 Å². The van der Waals surface area contributed by atoms with E-state index in [0.29, 0.717) is 11.6 Å². The first-order chi connectivity index (χ1) is 12.1. The first-order valence-corrected chi connectivity index (χ1v) is 9.82. The number of nitro benzene ring substituents is 1. The summed E-state index contributed by atoms with van der Waals surface area (Å²) in [5.74, 6) is 0.572. The molecular weight excluding hydrogens is 354 g/mol. The molecule has 130 valence electrons. The Balaban J connectivity index is 2.11. The van der Waals surface area contributed by atoms with Gasteiger partial charge in [0.25, 0.3) is 5.69 Å². The molecule has 0 radical (unpaired) electrons. The molecule has 0 atom stereocenters. The lowest BCUT2D eigenvalue weighted by Crippen LogP contribution is -2.17. The minimum Gasteiger partial charge on any atom is -0.316 e. The highest BCUT2D eigenvalue weighted by Crippen LogP contribution is 2.28. The molecule has 0 N–H and O–H groups in total. The van der Waals surface area contributed by atoms with Gasteiger partial charge in [0.2, 0.25) is 0 Å². The van der Waals surface area contributed by atoms with Gasteiger partial charge >= 0.3 is 0 Å². The fourth-order valence-corrected chi connectivity index (χ4v) is 4.22. The van der Waals surface area contributed by atoms with Crippen molar-refractivity contribution in [2.75, 3.05) is 0 Å². The minimum absolute atomic E-state index is 0.0315. The van der Waals surface area contributed by atoms with Crippen LogP contribution in [-0.2, 0) is 6.54 Å². The normalized spacial score (nSPS) is 12.0. The molecule has 3 aromatic rings. The summed E-state index contributed by atoms with van der Waals surface area (Å²) in [5, 5.41) is 15.4. The van der Waals surface area contributed by atoms with Gasteiger partial charge < -0.3 is 4.57 Å². The Morgan fingerprint density at radius 3 is 2.68 bits per heavy atom. The zero-order chi connectivity index (χ0) is 17.8. The van der Waals surface area contributed by atoms with Crippen LogP contribution in [0.4, 0.5) is 11.4 Å². The Labute approximate surface area is 154 Å². The summed E-state index contributed by atoms with van der Waals surface area (Å²) in [4.78, 5) is 17.5. The van der Waals surface area contributed by atoms with Gasteiger partial charge in [0.15, 0.2) is 4.80 Å². The van der Waals surface area contributed by atoms with Crippen LogP contribution in [0.1, 0.15) is 20.3 Å². The summed E-state index contributed by atoms with van der Waals surface area (Å²) in [6.45, 7) is 5.22. The van der Waals surface area contributed by atoms with Crippen molar-refractivity contribution >= 4 is 34.0 Å². The van der Waals surface area contributed by atoms with Gasteiger partial charge in [-0.15, -0.1) is 22.7 Å². The van der Waals surface area contributed by atoms with E-state index in [9.17, 15) is 10.1 Å². The van der Waals surface area contributed by atoms with Crippen LogP contribution in [0.5, 0.6) is 0 Å². The number of thiophene rings is 1. The molecule has 0 aliphatic carbocycles. The average Bonchev–Trinajstić information content (AvgIpc) is 3.22. The number of para-hydroxylation sites is 2. The molecule has 25 heavy (non-hydrogen) atoms. The third-order valence-corrected chi connectivity index (χ3v) is 5.55. The smallest absolute Gasteiger partial charge is 0.294 e. The summed E-state index contributed by atoms with van der Waals surface area (Å²) in [6, 6.07) is 10.7. The third kappa shape index (κ3) is 4.05. The van der Waals surface area contributed by atoms with E-state index >= 15 is 0 Å². The molecule has 7 heteroatoms. The minimum atomic E-state index is -0.384. The number of thiazole rings is 1. The van der Waals surface area contributed by atoms with E-state index in [1.54, 1.807) is 29.5 Å². The first-order valence-electron chi connectivity index (χ1n) is 8.06. The molecule has 0 aliphatic rings. The van der Waals surface area contributed by atoms with Crippen LogP contribution in [0, 0.1) is 16.0 Å². The summed E-state index contributed by atoms with van der Waals surface area (Å²) in [7, 11) is 0. The lowest BCUT2D eigenvalue weighted by atomic mass is 10.1. The standard InChI is InChI=1S/C18H19N3O2S2/c1-13(2)9-10-20-16(17-8-5-11-24-17)12-25-18(20)19-14-6-3-4-7-15(14)21(22)23/h3-8,11-13H,9-10H2,1-2H3. The van der Waals surface area contributed by atoms with E-state index in [2.05, 4.69) is 40.2 Å². The second kappa shape index (κ2) is 7.76. The summed E-state index contributed by atoms with van der Waals surface area (Å²) >= 11 is 3.21. The number of nitrogens with zero attached hydrogens (tertiary/aromatic N) is 3. The number of hydrogen-bond acceptors (Lipinski definition) is 5. The van der Waals surface area contributed by atoms with Crippen molar-refractivity contribution in [1.82, 2.24) is 4.57 Å². The molecule has 5 nitrogen and oxygen atoms in total. The van der Waals surface area contributed by atoms with E-state index in [-0.39, 0.29) is 10.6 Å². The van der Waals surface area contributed by atoms with Crippen LogP contribution in [0.3, 0.4) is 0 Å². The van der Waals surface area contributed by atoms with Crippen LogP contribution in [0.2, 0.25) is 0 Å². The second-order valence-corrected chi connectivity index (χ2v) is 7.86. The maximum Gasteiger partial charge on any atom is 0.294 e. The molecule has 2 aromatic heterocycles. The molecule has 0 saturated heterocycles. The molecule has 1 aromatic carbocycles. The Morgan fingerprint density at radius 1 is 1.20 bits per heavy atom. The quantitative estimate of drug-likeness (QED) is 0.425. The van der Waals surface area contributed by atoms with Crippen molar-refractivity contribution < 1.29 is 4.92 Å².